The number of aliphatic hydroxyl groups is 1. The molecule has 186 valence electrons. The Hall–Kier alpha value is -3.00. The zero-order chi connectivity index (χ0) is 24.8. The number of nitrogens with zero attached hydrogens (tertiary/aromatic N) is 2. The van der Waals surface area contributed by atoms with E-state index in [1.165, 1.54) is 30.5 Å². The van der Waals surface area contributed by atoms with Gasteiger partial charge in [-0.1, -0.05) is 35.9 Å². The summed E-state index contributed by atoms with van der Waals surface area (Å²) in [5, 5.41) is 10.9. The van der Waals surface area contributed by atoms with Gasteiger partial charge in [-0.3, -0.25) is 4.90 Å². The largest absolute Gasteiger partial charge is 0.493 e. The lowest BCUT2D eigenvalue weighted by Crippen LogP contribution is -2.49. The minimum absolute atomic E-state index is 0.132. The van der Waals surface area contributed by atoms with Crippen LogP contribution in [-0.4, -0.2) is 62.6 Å². The molecule has 0 unspecified atom stereocenters. The molecule has 3 N–H and O–H groups in total. The molecule has 0 amide bonds. The van der Waals surface area contributed by atoms with Gasteiger partial charge in [0, 0.05) is 50.5 Å². The minimum atomic E-state index is -0.645. The van der Waals surface area contributed by atoms with Crippen molar-refractivity contribution in [1.29, 1.82) is 0 Å². The van der Waals surface area contributed by atoms with Crippen LogP contribution in [0.15, 0.2) is 60.7 Å². The van der Waals surface area contributed by atoms with Gasteiger partial charge in [0.1, 0.15) is 18.5 Å². The highest BCUT2D eigenvalue weighted by Crippen LogP contribution is 2.34. The van der Waals surface area contributed by atoms with Crippen LogP contribution >= 0.6 is 11.6 Å². The van der Waals surface area contributed by atoms with E-state index in [2.05, 4.69) is 34.1 Å². The molecule has 3 aromatic carbocycles. The van der Waals surface area contributed by atoms with Gasteiger partial charge in [0.05, 0.1) is 17.8 Å². The third-order valence-electron chi connectivity index (χ3n) is 6.18. The number of piperazine rings is 1. The molecule has 3 aromatic rings. The monoisotopic (exact) mass is 499 g/mol. The lowest BCUT2D eigenvalue weighted by molar-refractivity contribution is 0.0653. The minimum Gasteiger partial charge on any atom is -0.493 e. The average Bonchev–Trinajstić information content (AvgIpc) is 2.87. The SMILES string of the molecule is COc1cc(Cl)c(N)cc1OC[C@@H](O)CN1CCN(c2ccc(Cc3ccc(F)cc3)cc2)CC1. The molecule has 1 saturated heterocycles. The highest BCUT2D eigenvalue weighted by Gasteiger charge is 2.20. The predicted molar refractivity (Wildman–Crippen MR) is 138 cm³/mol. The molecule has 1 atom stereocenters. The Morgan fingerprint density at radius 3 is 2.23 bits per heavy atom. The second kappa shape index (κ2) is 11.6. The van der Waals surface area contributed by atoms with Crippen molar-refractivity contribution in [3.05, 3.63) is 82.6 Å². The van der Waals surface area contributed by atoms with Crippen LogP contribution in [0, 0.1) is 5.82 Å². The summed E-state index contributed by atoms with van der Waals surface area (Å²) >= 11 is 6.03. The van der Waals surface area contributed by atoms with Gasteiger partial charge in [0.2, 0.25) is 0 Å². The maximum Gasteiger partial charge on any atom is 0.163 e. The number of β-amino-alcohol motifs (C(OH)–C–C–N with tert-alkyl or cyclic N) is 1. The number of benzene rings is 3. The van der Waals surface area contributed by atoms with Gasteiger partial charge in [-0.15, -0.1) is 0 Å². The second-order valence-corrected chi connectivity index (χ2v) is 9.15. The summed E-state index contributed by atoms with van der Waals surface area (Å²) in [4.78, 5) is 4.59. The van der Waals surface area contributed by atoms with E-state index >= 15 is 0 Å². The number of rotatable bonds is 9. The van der Waals surface area contributed by atoms with Gasteiger partial charge >= 0.3 is 0 Å². The fraction of sp³-hybridized carbons (Fsp3) is 0.333. The Morgan fingerprint density at radius 2 is 1.60 bits per heavy atom. The van der Waals surface area contributed by atoms with Gasteiger partial charge in [-0.2, -0.15) is 0 Å². The first-order valence-corrected chi connectivity index (χ1v) is 12.0. The maximum absolute atomic E-state index is 13.1. The van der Waals surface area contributed by atoms with Gasteiger partial charge in [-0.25, -0.2) is 4.39 Å². The van der Waals surface area contributed by atoms with Crippen molar-refractivity contribution in [3.63, 3.8) is 0 Å². The molecule has 4 rings (SSSR count). The molecule has 0 radical (unpaired) electrons. The zero-order valence-electron chi connectivity index (χ0n) is 19.8. The predicted octanol–water partition coefficient (Wildman–Crippen LogP) is 4.22. The number of hydrogen-bond donors (Lipinski definition) is 2. The van der Waals surface area contributed by atoms with Gasteiger partial charge in [-0.05, 0) is 41.8 Å². The molecular formula is C27H31ClFN3O3. The molecule has 1 aliphatic heterocycles. The molecule has 0 aliphatic carbocycles. The smallest absolute Gasteiger partial charge is 0.163 e. The number of hydrogen-bond acceptors (Lipinski definition) is 6. The van der Waals surface area contributed by atoms with Crippen LogP contribution in [0.5, 0.6) is 11.5 Å². The second-order valence-electron chi connectivity index (χ2n) is 8.75. The summed E-state index contributed by atoms with van der Waals surface area (Å²) in [6.07, 6.45) is 0.136. The van der Waals surface area contributed by atoms with E-state index < -0.39 is 6.10 Å². The molecule has 1 fully saturated rings. The van der Waals surface area contributed by atoms with E-state index in [0.717, 1.165) is 38.2 Å². The van der Waals surface area contributed by atoms with Gasteiger partial charge in [0.25, 0.3) is 0 Å². The van der Waals surface area contributed by atoms with Crippen LogP contribution in [-0.2, 0) is 6.42 Å². The molecule has 8 heteroatoms. The van der Waals surface area contributed by atoms with Crippen LogP contribution in [0.1, 0.15) is 11.1 Å². The normalized spacial score (nSPS) is 15.1. The fourth-order valence-corrected chi connectivity index (χ4v) is 4.36. The zero-order valence-corrected chi connectivity index (χ0v) is 20.5. The van der Waals surface area contributed by atoms with Gasteiger partial charge < -0.3 is 25.2 Å². The van der Waals surface area contributed by atoms with Crippen LogP contribution < -0.4 is 20.1 Å². The summed E-state index contributed by atoms with van der Waals surface area (Å²) in [6.45, 7) is 4.12. The van der Waals surface area contributed by atoms with Crippen molar-refractivity contribution in [2.24, 2.45) is 0 Å². The van der Waals surface area contributed by atoms with E-state index in [9.17, 15) is 9.50 Å². The number of ether oxygens (including phenoxy) is 2. The molecule has 1 aliphatic rings. The molecule has 0 aromatic heterocycles. The number of methoxy groups -OCH3 is 1. The number of halogens is 2. The van der Waals surface area contributed by atoms with Crippen LogP contribution in [0.4, 0.5) is 15.8 Å². The van der Waals surface area contributed by atoms with E-state index in [-0.39, 0.29) is 12.4 Å². The van der Waals surface area contributed by atoms with E-state index in [1.54, 1.807) is 12.1 Å². The van der Waals surface area contributed by atoms with Crippen molar-refractivity contribution in [3.8, 4) is 11.5 Å². The Morgan fingerprint density at radius 1 is 0.971 bits per heavy atom. The Bertz CT molecular complexity index is 1100. The summed E-state index contributed by atoms with van der Waals surface area (Å²) in [6, 6.07) is 18.4. The first-order valence-electron chi connectivity index (χ1n) is 11.7. The summed E-state index contributed by atoms with van der Waals surface area (Å²) in [5.41, 5.74) is 9.72. The van der Waals surface area contributed by atoms with Crippen molar-refractivity contribution in [1.82, 2.24) is 4.90 Å². The maximum atomic E-state index is 13.1. The van der Waals surface area contributed by atoms with E-state index in [4.69, 9.17) is 26.8 Å². The first kappa shape index (κ1) is 25.1. The number of anilines is 2. The number of nitrogen functional groups attached to an aromatic ring is 1. The summed E-state index contributed by atoms with van der Waals surface area (Å²) < 4.78 is 24.1. The third kappa shape index (κ3) is 6.78. The highest BCUT2D eigenvalue weighted by atomic mass is 35.5. The summed E-state index contributed by atoms with van der Waals surface area (Å²) in [5.74, 6) is 0.727. The van der Waals surface area contributed by atoms with E-state index in [0.29, 0.717) is 28.8 Å². The Kier molecular flexibility index (Phi) is 8.33. The Balaban J connectivity index is 1.23. The number of aliphatic hydroxyl groups excluding tert-OH is 1. The van der Waals surface area contributed by atoms with Crippen molar-refractivity contribution >= 4 is 23.0 Å². The van der Waals surface area contributed by atoms with Gasteiger partial charge in [0.15, 0.2) is 11.5 Å². The highest BCUT2D eigenvalue weighted by molar-refractivity contribution is 6.33. The molecule has 1 heterocycles. The fourth-order valence-electron chi connectivity index (χ4n) is 4.21. The molecule has 0 saturated carbocycles. The molecule has 6 nitrogen and oxygen atoms in total. The number of nitrogens with two attached hydrogens (primary N) is 1. The standard InChI is InChI=1S/C27H31ClFN3O3/c1-34-26-15-24(28)25(30)16-27(26)35-18-23(33)17-31-10-12-32(13-11-31)22-8-4-20(5-9-22)14-19-2-6-21(29)7-3-19/h2-9,15-16,23,33H,10-14,17-18,30H2,1H3/t23-/m0/s1. The van der Waals surface area contributed by atoms with Crippen molar-refractivity contribution in [2.45, 2.75) is 12.5 Å². The van der Waals surface area contributed by atoms with Crippen molar-refractivity contribution in [2.75, 3.05) is 57.1 Å². The van der Waals surface area contributed by atoms with Crippen molar-refractivity contribution < 1.29 is 19.0 Å². The quantitative estimate of drug-likeness (QED) is 0.429. The topological polar surface area (TPSA) is 71.2 Å². The summed E-state index contributed by atoms with van der Waals surface area (Å²) in [7, 11) is 1.53. The van der Waals surface area contributed by atoms with Crippen LogP contribution in [0.3, 0.4) is 0 Å². The van der Waals surface area contributed by atoms with Crippen LogP contribution in [0.2, 0.25) is 5.02 Å². The molecule has 35 heavy (non-hydrogen) atoms. The molecular weight excluding hydrogens is 469 g/mol. The van der Waals surface area contributed by atoms with E-state index in [1.807, 2.05) is 12.1 Å². The lowest BCUT2D eigenvalue weighted by atomic mass is 10.0. The molecule has 0 bridgehead atoms. The molecule has 0 spiro atoms. The van der Waals surface area contributed by atoms with Crippen LogP contribution in [0.25, 0.3) is 0 Å². The Labute approximate surface area is 210 Å². The first-order chi connectivity index (χ1) is 16.9. The lowest BCUT2D eigenvalue weighted by Gasteiger charge is -2.37. The third-order valence-corrected chi connectivity index (χ3v) is 6.51. The average molecular weight is 500 g/mol.